The van der Waals surface area contributed by atoms with Crippen molar-refractivity contribution < 1.29 is 13.5 Å². The SMILES string of the molecule is Cc1ccn(-c2ccc(NCc3ccccc3OC(F)F)nn2)n1. The molecule has 1 N–H and O–H groups in total. The number of anilines is 1. The van der Waals surface area contributed by atoms with Gasteiger partial charge in [-0.3, -0.25) is 0 Å². The van der Waals surface area contributed by atoms with Crippen molar-refractivity contribution in [1.82, 2.24) is 20.0 Å². The molecule has 0 saturated carbocycles. The average Bonchev–Trinajstić information content (AvgIpc) is 3.00. The number of benzene rings is 1. The van der Waals surface area contributed by atoms with E-state index in [0.717, 1.165) is 5.69 Å². The molecular formula is C16H15F2N5O. The molecule has 3 rings (SSSR count). The van der Waals surface area contributed by atoms with Gasteiger partial charge in [-0.25, -0.2) is 4.68 Å². The summed E-state index contributed by atoms with van der Waals surface area (Å²) in [7, 11) is 0. The van der Waals surface area contributed by atoms with Crippen molar-refractivity contribution in [2.24, 2.45) is 0 Å². The third-order valence-electron chi connectivity index (χ3n) is 3.26. The largest absolute Gasteiger partial charge is 0.434 e. The van der Waals surface area contributed by atoms with Gasteiger partial charge in [-0.15, -0.1) is 10.2 Å². The first-order chi connectivity index (χ1) is 11.6. The molecule has 6 nitrogen and oxygen atoms in total. The molecule has 0 radical (unpaired) electrons. The summed E-state index contributed by atoms with van der Waals surface area (Å²) in [4.78, 5) is 0. The van der Waals surface area contributed by atoms with Crippen molar-refractivity contribution in [3.05, 3.63) is 59.9 Å². The van der Waals surface area contributed by atoms with Crippen LogP contribution in [0.25, 0.3) is 5.82 Å². The van der Waals surface area contributed by atoms with Crippen LogP contribution in [-0.4, -0.2) is 26.6 Å². The van der Waals surface area contributed by atoms with E-state index in [2.05, 4.69) is 25.3 Å². The lowest BCUT2D eigenvalue weighted by Gasteiger charge is -2.11. The van der Waals surface area contributed by atoms with E-state index in [-0.39, 0.29) is 12.3 Å². The first-order valence-electron chi connectivity index (χ1n) is 7.25. The van der Waals surface area contributed by atoms with E-state index in [1.807, 2.05) is 13.0 Å². The molecule has 24 heavy (non-hydrogen) atoms. The Labute approximate surface area is 137 Å². The van der Waals surface area contributed by atoms with Gasteiger partial charge >= 0.3 is 6.61 Å². The van der Waals surface area contributed by atoms with Crippen molar-refractivity contribution in [3.63, 3.8) is 0 Å². The van der Waals surface area contributed by atoms with Crippen molar-refractivity contribution in [1.29, 1.82) is 0 Å². The molecule has 3 aromatic rings. The van der Waals surface area contributed by atoms with Crippen molar-refractivity contribution in [2.75, 3.05) is 5.32 Å². The van der Waals surface area contributed by atoms with Crippen LogP contribution in [0.4, 0.5) is 14.6 Å². The Morgan fingerprint density at radius 2 is 1.96 bits per heavy atom. The maximum Gasteiger partial charge on any atom is 0.387 e. The molecule has 0 aliphatic heterocycles. The molecule has 0 aliphatic rings. The zero-order valence-corrected chi connectivity index (χ0v) is 12.9. The topological polar surface area (TPSA) is 64.9 Å². The van der Waals surface area contributed by atoms with E-state index in [1.54, 1.807) is 41.2 Å². The standard InChI is InChI=1S/C16H15F2N5O/c1-11-8-9-23(22-11)15-7-6-14(20-21-15)19-10-12-4-2-3-5-13(12)24-16(17)18/h2-9,16H,10H2,1H3,(H,19,20). The van der Waals surface area contributed by atoms with E-state index in [0.29, 0.717) is 17.2 Å². The number of hydrogen-bond acceptors (Lipinski definition) is 5. The summed E-state index contributed by atoms with van der Waals surface area (Å²) in [5.41, 5.74) is 1.49. The van der Waals surface area contributed by atoms with Crippen LogP contribution in [-0.2, 0) is 6.54 Å². The van der Waals surface area contributed by atoms with Gasteiger partial charge in [0, 0.05) is 18.3 Å². The molecule has 0 fully saturated rings. The molecule has 0 spiro atoms. The molecule has 0 unspecified atom stereocenters. The second-order valence-corrected chi connectivity index (χ2v) is 5.02. The van der Waals surface area contributed by atoms with Crippen molar-refractivity contribution in [3.8, 4) is 11.6 Å². The zero-order chi connectivity index (χ0) is 16.9. The van der Waals surface area contributed by atoms with Crippen LogP contribution in [0.15, 0.2) is 48.7 Å². The predicted molar refractivity (Wildman–Crippen MR) is 84.3 cm³/mol. The summed E-state index contributed by atoms with van der Waals surface area (Å²) in [5, 5.41) is 15.4. The molecule has 0 amide bonds. The zero-order valence-electron chi connectivity index (χ0n) is 12.9. The third-order valence-corrected chi connectivity index (χ3v) is 3.26. The van der Waals surface area contributed by atoms with Gasteiger partial charge in [0.2, 0.25) is 0 Å². The number of rotatable bonds is 6. The van der Waals surface area contributed by atoms with Crippen LogP contribution in [0.2, 0.25) is 0 Å². The minimum absolute atomic E-state index is 0.136. The fraction of sp³-hybridized carbons (Fsp3) is 0.188. The second-order valence-electron chi connectivity index (χ2n) is 5.02. The smallest absolute Gasteiger partial charge is 0.387 e. The minimum atomic E-state index is -2.86. The highest BCUT2D eigenvalue weighted by Gasteiger charge is 2.09. The highest BCUT2D eigenvalue weighted by atomic mass is 19.3. The third kappa shape index (κ3) is 3.83. The number of aryl methyl sites for hydroxylation is 1. The summed E-state index contributed by atoms with van der Waals surface area (Å²) in [5.74, 6) is 1.25. The molecule has 0 atom stereocenters. The first-order valence-corrected chi connectivity index (χ1v) is 7.25. The predicted octanol–water partition coefficient (Wildman–Crippen LogP) is 3.18. The van der Waals surface area contributed by atoms with E-state index in [1.165, 1.54) is 6.07 Å². The van der Waals surface area contributed by atoms with Gasteiger partial charge in [-0.2, -0.15) is 13.9 Å². The summed E-state index contributed by atoms with van der Waals surface area (Å²) in [6.45, 7) is -0.681. The number of hydrogen-bond donors (Lipinski definition) is 1. The number of nitrogens with one attached hydrogen (secondary N) is 1. The number of alkyl halides is 2. The van der Waals surface area contributed by atoms with E-state index >= 15 is 0 Å². The Morgan fingerprint density at radius 3 is 2.62 bits per heavy atom. The second kappa shape index (κ2) is 7.03. The first kappa shape index (κ1) is 15.9. The van der Waals surface area contributed by atoms with Crippen LogP contribution in [0, 0.1) is 6.92 Å². The summed E-state index contributed by atoms with van der Waals surface area (Å²) < 4.78 is 30.9. The van der Waals surface area contributed by atoms with Crippen LogP contribution >= 0.6 is 0 Å². The average molecular weight is 331 g/mol. The van der Waals surface area contributed by atoms with Gasteiger partial charge < -0.3 is 10.1 Å². The quantitative estimate of drug-likeness (QED) is 0.751. The number of para-hydroxylation sites is 1. The fourth-order valence-electron chi connectivity index (χ4n) is 2.13. The van der Waals surface area contributed by atoms with Gasteiger partial charge in [0.25, 0.3) is 0 Å². The Morgan fingerprint density at radius 1 is 1.12 bits per heavy atom. The lowest BCUT2D eigenvalue weighted by molar-refractivity contribution is -0.0504. The Balaban J connectivity index is 1.67. The molecule has 0 saturated heterocycles. The fourth-order valence-corrected chi connectivity index (χ4v) is 2.13. The highest BCUT2D eigenvalue weighted by molar-refractivity contribution is 5.40. The Hall–Kier alpha value is -3.03. The molecule has 8 heteroatoms. The number of aromatic nitrogens is 4. The lowest BCUT2D eigenvalue weighted by atomic mass is 10.2. The summed E-state index contributed by atoms with van der Waals surface area (Å²) in [6, 6.07) is 12.0. The van der Waals surface area contributed by atoms with Crippen LogP contribution in [0.5, 0.6) is 5.75 Å². The van der Waals surface area contributed by atoms with Crippen LogP contribution in [0.1, 0.15) is 11.3 Å². The maximum absolute atomic E-state index is 12.4. The highest BCUT2D eigenvalue weighted by Crippen LogP contribution is 2.21. The van der Waals surface area contributed by atoms with E-state index in [9.17, 15) is 8.78 Å². The molecule has 0 aliphatic carbocycles. The van der Waals surface area contributed by atoms with Gasteiger partial charge in [-0.1, -0.05) is 18.2 Å². The summed E-state index contributed by atoms with van der Waals surface area (Å²) >= 11 is 0. The van der Waals surface area contributed by atoms with Gasteiger partial charge in [0.15, 0.2) is 5.82 Å². The van der Waals surface area contributed by atoms with Gasteiger partial charge in [-0.05, 0) is 31.2 Å². The molecule has 1 aromatic carbocycles. The number of ether oxygens (including phenoxy) is 1. The van der Waals surface area contributed by atoms with Crippen molar-refractivity contribution in [2.45, 2.75) is 20.1 Å². The molecule has 124 valence electrons. The van der Waals surface area contributed by atoms with E-state index in [4.69, 9.17) is 0 Å². The number of halogens is 2. The lowest BCUT2D eigenvalue weighted by Crippen LogP contribution is -2.08. The molecule has 2 heterocycles. The maximum atomic E-state index is 12.4. The van der Waals surface area contributed by atoms with Crippen LogP contribution in [0.3, 0.4) is 0 Å². The van der Waals surface area contributed by atoms with E-state index < -0.39 is 6.61 Å². The van der Waals surface area contributed by atoms with Crippen LogP contribution < -0.4 is 10.1 Å². The molecule has 0 bridgehead atoms. The Bertz CT molecular complexity index is 804. The monoisotopic (exact) mass is 331 g/mol. The van der Waals surface area contributed by atoms with Gasteiger partial charge in [0.1, 0.15) is 11.6 Å². The summed E-state index contributed by atoms with van der Waals surface area (Å²) in [6.07, 6.45) is 1.80. The minimum Gasteiger partial charge on any atom is -0.434 e. The Kier molecular flexibility index (Phi) is 4.64. The molecule has 2 aromatic heterocycles. The van der Waals surface area contributed by atoms with Crippen molar-refractivity contribution >= 4 is 5.82 Å². The normalized spacial score (nSPS) is 10.8. The molecular weight excluding hydrogens is 316 g/mol. The van der Waals surface area contributed by atoms with Gasteiger partial charge in [0.05, 0.1) is 5.69 Å². The number of nitrogens with zero attached hydrogens (tertiary/aromatic N) is 4.